The number of nitrogens with two attached hydrogens (primary N) is 1. The number of pyridine rings is 1. The van der Waals surface area contributed by atoms with Crippen molar-refractivity contribution in [2.45, 2.75) is 31.9 Å². The van der Waals surface area contributed by atoms with Gasteiger partial charge in [0.25, 0.3) is 0 Å². The highest BCUT2D eigenvalue weighted by molar-refractivity contribution is 5.63. The highest BCUT2D eigenvalue weighted by Gasteiger charge is 2.31. The SMILES string of the molecule is C[C@H]1CN(c2ccncc2Cc2ncc3ccc(-c4c(F)cc(CCO)cc4F)nn23)C[C@@H](N)[C@@H]1O. The first-order valence-corrected chi connectivity index (χ1v) is 11.9. The monoisotopic (exact) mass is 494 g/mol. The zero-order valence-corrected chi connectivity index (χ0v) is 19.9. The lowest BCUT2D eigenvalue weighted by Gasteiger charge is -2.40. The van der Waals surface area contributed by atoms with E-state index in [0.717, 1.165) is 11.3 Å². The Kier molecular flexibility index (Phi) is 6.65. The fourth-order valence-electron chi connectivity index (χ4n) is 4.88. The number of aliphatic hydroxyl groups is 2. The summed E-state index contributed by atoms with van der Waals surface area (Å²) in [4.78, 5) is 10.9. The van der Waals surface area contributed by atoms with Crippen molar-refractivity contribution in [1.29, 1.82) is 0 Å². The van der Waals surface area contributed by atoms with E-state index < -0.39 is 17.7 Å². The maximum Gasteiger partial charge on any atom is 0.135 e. The second kappa shape index (κ2) is 9.88. The van der Waals surface area contributed by atoms with E-state index in [1.54, 1.807) is 35.2 Å². The van der Waals surface area contributed by atoms with Crippen LogP contribution >= 0.6 is 0 Å². The summed E-state index contributed by atoms with van der Waals surface area (Å²) in [6, 6.07) is 7.28. The molecule has 1 saturated heterocycles. The van der Waals surface area contributed by atoms with Gasteiger partial charge in [-0.2, -0.15) is 5.10 Å². The lowest BCUT2D eigenvalue weighted by Crippen LogP contribution is -2.55. The van der Waals surface area contributed by atoms with Crippen LogP contribution in [-0.2, 0) is 12.8 Å². The molecule has 5 rings (SSSR count). The quantitative estimate of drug-likeness (QED) is 0.377. The molecule has 0 amide bonds. The minimum absolute atomic E-state index is 0.0137. The van der Waals surface area contributed by atoms with Crippen molar-refractivity contribution < 1.29 is 19.0 Å². The number of piperidine rings is 1. The van der Waals surface area contributed by atoms with E-state index in [0.29, 0.717) is 36.4 Å². The van der Waals surface area contributed by atoms with Crippen LogP contribution in [0.2, 0.25) is 0 Å². The maximum absolute atomic E-state index is 14.8. The number of anilines is 1. The van der Waals surface area contributed by atoms with Crippen molar-refractivity contribution in [2.75, 3.05) is 24.6 Å². The van der Waals surface area contributed by atoms with Gasteiger partial charge in [-0.1, -0.05) is 6.92 Å². The van der Waals surface area contributed by atoms with E-state index in [1.165, 1.54) is 12.1 Å². The number of hydrogen-bond donors (Lipinski definition) is 3. The van der Waals surface area contributed by atoms with Gasteiger partial charge in [0.1, 0.15) is 17.5 Å². The van der Waals surface area contributed by atoms with Crippen LogP contribution in [0.25, 0.3) is 16.8 Å². The van der Waals surface area contributed by atoms with Gasteiger partial charge in [0.05, 0.1) is 29.1 Å². The number of benzene rings is 1. The van der Waals surface area contributed by atoms with Crippen LogP contribution in [0.5, 0.6) is 0 Å². The minimum Gasteiger partial charge on any atom is -0.396 e. The third-order valence-corrected chi connectivity index (χ3v) is 6.74. The van der Waals surface area contributed by atoms with E-state index in [-0.39, 0.29) is 36.2 Å². The number of imidazole rings is 1. The first-order valence-electron chi connectivity index (χ1n) is 11.9. The molecule has 1 aliphatic heterocycles. The fourth-order valence-corrected chi connectivity index (χ4v) is 4.88. The van der Waals surface area contributed by atoms with Crippen molar-refractivity contribution in [2.24, 2.45) is 11.7 Å². The third kappa shape index (κ3) is 4.55. The van der Waals surface area contributed by atoms with Gasteiger partial charge >= 0.3 is 0 Å². The Morgan fingerprint density at radius 3 is 2.61 bits per heavy atom. The molecule has 8 nitrogen and oxygen atoms in total. The zero-order chi connectivity index (χ0) is 25.4. The zero-order valence-electron chi connectivity index (χ0n) is 19.9. The predicted molar refractivity (Wildman–Crippen MR) is 132 cm³/mol. The Hall–Kier alpha value is -3.47. The van der Waals surface area contributed by atoms with Crippen molar-refractivity contribution in [1.82, 2.24) is 19.6 Å². The largest absolute Gasteiger partial charge is 0.396 e. The van der Waals surface area contributed by atoms with Crippen LogP contribution in [-0.4, -0.2) is 61.6 Å². The first-order chi connectivity index (χ1) is 17.4. The topological polar surface area (TPSA) is 113 Å². The molecule has 0 radical (unpaired) electrons. The van der Waals surface area contributed by atoms with E-state index in [2.05, 4.69) is 20.0 Å². The van der Waals surface area contributed by atoms with E-state index >= 15 is 0 Å². The van der Waals surface area contributed by atoms with Crippen molar-refractivity contribution >= 4 is 11.2 Å². The van der Waals surface area contributed by atoms with Crippen molar-refractivity contribution in [3.8, 4) is 11.3 Å². The summed E-state index contributed by atoms with van der Waals surface area (Å²) in [5.41, 5.74) is 9.00. The van der Waals surface area contributed by atoms with Crippen molar-refractivity contribution in [3.05, 3.63) is 77.5 Å². The molecule has 0 aliphatic carbocycles. The fraction of sp³-hybridized carbons (Fsp3) is 0.346. The Labute approximate surface area is 207 Å². The molecule has 1 aromatic carbocycles. The average molecular weight is 495 g/mol. The number of hydrogen-bond acceptors (Lipinski definition) is 7. The van der Waals surface area contributed by atoms with E-state index in [1.807, 2.05) is 13.0 Å². The summed E-state index contributed by atoms with van der Waals surface area (Å²) < 4.78 is 31.2. The van der Waals surface area contributed by atoms with E-state index in [9.17, 15) is 13.9 Å². The Morgan fingerprint density at radius 2 is 1.89 bits per heavy atom. The molecule has 0 saturated carbocycles. The number of aliphatic hydroxyl groups excluding tert-OH is 2. The first kappa shape index (κ1) is 24.2. The molecule has 4 N–H and O–H groups in total. The van der Waals surface area contributed by atoms with Gasteiger partial charge in [-0.05, 0) is 42.3 Å². The number of halogens is 2. The molecule has 188 valence electrons. The number of fused-ring (bicyclic) bond motifs is 1. The standard InChI is InChI=1S/C26H28F2N6O2/c1-15-13-33(14-21(29)26(15)36)23-4-6-30-11-17(23)10-24-31-12-18-2-3-22(32-34(18)24)25-19(27)8-16(5-7-35)9-20(25)28/h2-4,6,8-9,11-12,15,21,26,35-36H,5,7,10,13-14,29H2,1H3/t15-,21+,26+/m0/s1. The van der Waals surface area contributed by atoms with Gasteiger partial charge < -0.3 is 20.8 Å². The van der Waals surface area contributed by atoms with Gasteiger partial charge in [0.2, 0.25) is 0 Å². The van der Waals surface area contributed by atoms with Crippen LogP contribution in [0.1, 0.15) is 23.9 Å². The normalized spacial score (nSPS) is 20.3. The van der Waals surface area contributed by atoms with Crippen LogP contribution in [0, 0.1) is 17.6 Å². The Morgan fingerprint density at radius 1 is 1.11 bits per heavy atom. The second-order valence-electron chi connectivity index (χ2n) is 9.36. The minimum atomic E-state index is -0.737. The van der Waals surface area contributed by atoms with Gasteiger partial charge in [-0.25, -0.2) is 18.3 Å². The second-order valence-corrected chi connectivity index (χ2v) is 9.36. The summed E-state index contributed by atoms with van der Waals surface area (Å²) in [5.74, 6) is -0.869. The lowest BCUT2D eigenvalue weighted by molar-refractivity contribution is 0.0784. The molecule has 1 aliphatic rings. The molecule has 4 aromatic rings. The summed E-state index contributed by atoms with van der Waals surface area (Å²) in [5, 5.41) is 23.9. The molecule has 0 unspecified atom stereocenters. The summed E-state index contributed by atoms with van der Waals surface area (Å²) in [6.07, 6.45) is 5.14. The summed E-state index contributed by atoms with van der Waals surface area (Å²) in [6.45, 7) is 2.94. The molecule has 3 aromatic heterocycles. The highest BCUT2D eigenvalue weighted by Crippen LogP contribution is 2.29. The Balaban J connectivity index is 1.49. The molecule has 3 atom stereocenters. The van der Waals surface area contributed by atoms with Crippen LogP contribution < -0.4 is 10.6 Å². The lowest BCUT2D eigenvalue weighted by atomic mass is 9.92. The van der Waals surface area contributed by atoms with Gasteiger partial charge in [0, 0.05) is 61.7 Å². The molecule has 36 heavy (non-hydrogen) atoms. The van der Waals surface area contributed by atoms with Crippen LogP contribution in [0.4, 0.5) is 14.5 Å². The molecular weight excluding hydrogens is 466 g/mol. The molecule has 0 spiro atoms. The molecule has 0 bridgehead atoms. The summed E-state index contributed by atoms with van der Waals surface area (Å²) >= 11 is 0. The van der Waals surface area contributed by atoms with Crippen LogP contribution in [0.3, 0.4) is 0 Å². The van der Waals surface area contributed by atoms with Gasteiger partial charge in [0.15, 0.2) is 0 Å². The van der Waals surface area contributed by atoms with Gasteiger partial charge in [-0.15, -0.1) is 0 Å². The summed E-state index contributed by atoms with van der Waals surface area (Å²) in [7, 11) is 0. The number of nitrogens with zero attached hydrogens (tertiary/aromatic N) is 5. The van der Waals surface area contributed by atoms with Crippen LogP contribution in [0.15, 0.2) is 48.9 Å². The predicted octanol–water partition coefficient (Wildman–Crippen LogP) is 2.34. The Bertz CT molecular complexity index is 1360. The molecular formula is C26H28F2N6O2. The maximum atomic E-state index is 14.8. The molecule has 10 heteroatoms. The number of rotatable bonds is 6. The number of aromatic nitrogens is 4. The van der Waals surface area contributed by atoms with Crippen molar-refractivity contribution in [3.63, 3.8) is 0 Å². The molecule has 4 heterocycles. The average Bonchev–Trinajstić information content (AvgIpc) is 3.24. The molecule has 1 fully saturated rings. The van der Waals surface area contributed by atoms with E-state index in [4.69, 9.17) is 10.8 Å². The smallest absolute Gasteiger partial charge is 0.135 e. The highest BCUT2D eigenvalue weighted by atomic mass is 19.1. The van der Waals surface area contributed by atoms with Gasteiger partial charge in [-0.3, -0.25) is 4.98 Å². The third-order valence-electron chi connectivity index (χ3n) is 6.74.